The number of alkyl halides is 6. The fourth-order valence-corrected chi connectivity index (χ4v) is 5.07. The molecule has 232 valence electrons. The van der Waals surface area contributed by atoms with Crippen molar-refractivity contribution < 1.29 is 45.1 Å². The molecule has 2 atom stereocenters. The minimum atomic E-state index is -5.02. The van der Waals surface area contributed by atoms with E-state index in [1.165, 1.54) is 38.1 Å². The lowest BCUT2D eigenvalue weighted by atomic mass is 9.97. The maximum absolute atomic E-state index is 13.9. The lowest BCUT2D eigenvalue weighted by Crippen LogP contribution is -2.54. The van der Waals surface area contributed by atoms with Gasteiger partial charge in [-0.2, -0.15) is 26.3 Å². The number of ether oxygens (including phenoxy) is 1. The standard InChI is InChI=1S/C29H34F7N3O3/c1-18-13-23(30)8-9-24(18)25-17-38(10-6-5-7-26(40)42-4)11-12-39(25)27(41)37(3)19(2)20-14-21(28(31,32)33)16-22(15-20)29(34,35)36/h8-9,13-16,19,25H,5-7,10-12,17H2,1-4H3/t19-,25-/m1/s1. The zero-order chi connectivity index (χ0) is 31.4. The van der Waals surface area contributed by atoms with E-state index in [4.69, 9.17) is 0 Å². The number of benzene rings is 2. The maximum atomic E-state index is 13.9. The van der Waals surface area contributed by atoms with Crippen LogP contribution in [-0.4, -0.2) is 67.0 Å². The van der Waals surface area contributed by atoms with Crippen LogP contribution in [0.1, 0.15) is 66.1 Å². The van der Waals surface area contributed by atoms with Crippen LogP contribution in [0.25, 0.3) is 0 Å². The second-order valence-corrected chi connectivity index (χ2v) is 10.5. The molecule has 3 rings (SSSR count). The van der Waals surface area contributed by atoms with Gasteiger partial charge in [-0.25, -0.2) is 9.18 Å². The molecule has 1 heterocycles. The van der Waals surface area contributed by atoms with Gasteiger partial charge >= 0.3 is 24.4 Å². The van der Waals surface area contributed by atoms with Crippen LogP contribution in [0.2, 0.25) is 0 Å². The molecule has 0 aliphatic carbocycles. The highest BCUT2D eigenvalue weighted by atomic mass is 19.4. The summed E-state index contributed by atoms with van der Waals surface area (Å²) in [4.78, 5) is 29.9. The molecule has 1 saturated heterocycles. The number of hydrogen-bond acceptors (Lipinski definition) is 4. The summed E-state index contributed by atoms with van der Waals surface area (Å²) in [6, 6.07) is 3.19. The van der Waals surface area contributed by atoms with Crippen molar-refractivity contribution in [2.45, 2.75) is 57.5 Å². The molecule has 0 spiro atoms. The molecule has 1 aliphatic heterocycles. The van der Waals surface area contributed by atoms with Crippen LogP contribution in [0, 0.1) is 12.7 Å². The molecule has 0 saturated carbocycles. The summed E-state index contributed by atoms with van der Waals surface area (Å²) in [6.07, 6.45) is -8.48. The summed E-state index contributed by atoms with van der Waals surface area (Å²) >= 11 is 0. The third kappa shape index (κ3) is 8.14. The van der Waals surface area contributed by atoms with Crippen molar-refractivity contribution in [1.29, 1.82) is 0 Å². The number of hydrogen-bond donors (Lipinski definition) is 0. The van der Waals surface area contributed by atoms with Crippen molar-refractivity contribution in [3.63, 3.8) is 0 Å². The Balaban J connectivity index is 1.87. The molecule has 6 nitrogen and oxygen atoms in total. The molecule has 2 aromatic carbocycles. The predicted octanol–water partition coefficient (Wildman–Crippen LogP) is 6.99. The second kappa shape index (κ2) is 13.3. The van der Waals surface area contributed by atoms with Crippen molar-refractivity contribution in [3.05, 3.63) is 70.0 Å². The molecule has 2 aromatic rings. The van der Waals surface area contributed by atoms with Crippen molar-refractivity contribution in [2.75, 3.05) is 40.3 Å². The highest BCUT2D eigenvalue weighted by Gasteiger charge is 2.39. The molecule has 13 heteroatoms. The number of piperazine rings is 1. The van der Waals surface area contributed by atoms with Crippen LogP contribution in [0.5, 0.6) is 0 Å². The second-order valence-electron chi connectivity index (χ2n) is 10.5. The number of nitrogens with zero attached hydrogens (tertiary/aromatic N) is 3. The number of amides is 2. The average molecular weight is 606 g/mol. The fraction of sp³-hybridized carbons (Fsp3) is 0.517. The van der Waals surface area contributed by atoms with Crippen molar-refractivity contribution in [2.24, 2.45) is 0 Å². The van der Waals surface area contributed by atoms with Gasteiger partial charge in [0.2, 0.25) is 0 Å². The average Bonchev–Trinajstić information content (AvgIpc) is 2.92. The molecular formula is C29H34F7N3O3. The van der Waals surface area contributed by atoms with Gasteiger partial charge in [0, 0.05) is 33.1 Å². The van der Waals surface area contributed by atoms with E-state index < -0.39 is 47.4 Å². The quantitative estimate of drug-likeness (QED) is 0.185. The molecular weight excluding hydrogens is 571 g/mol. The first-order valence-electron chi connectivity index (χ1n) is 13.4. The number of halogens is 7. The van der Waals surface area contributed by atoms with Gasteiger partial charge < -0.3 is 14.5 Å². The number of urea groups is 1. The third-order valence-corrected chi connectivity index (χ3v) is 7.61. The first-order valence-corrected chi connectivity index (χ1v) is 13.4. The molecule has 0 radical (unpaired) electrons. The number of carbonyl (C=O) groups excluding carboxylic acids is 2. The van der Waals surface area contributed by atoms with Gasteiger partial charge in [0.25, 0.3) is 0 Å². The summed E-state index contributed by atoms with van der Waals surface area (Å²) in [6.45, 7) is 4.70. The Morgan fingerprint density at radius 2 is 1.62 bits per heavy atom. The maximum Gasteiger partial charge on any atom is 0.416 e. The van der Waals surface area contributed by atoms with E-state index in [-0.39, 0.29) is 30.6 Å². The van der Waals surface area contributed by atoms with Crippen LogP contribution in [0.4, 0.5) is 35.5 Å². The van der Waals surface area contributed by atoms with Crippen LogP contribution in [-0.2, 0) is 21.9 Å². The van der Waals surface area contributed by atoms with E-state index in [1.807, 2.05) is 0 Å². The van der Waals surface area contributed by atoms with Gasteiger partial charge in [0.15, 0.2) is 0 Å². The fourth-order valence-electron chi connectivity index (χ4n) is 5.07. The Morgan fingerprint density at radius 1 is 1.00 bits per heavy atom. The Labute approximate surface area is 240 Å². The molecule has 0 aromatic heterocycles. The Bertz CT molecular complexity index is 1230. The minimum absolute atomic E-state index is 0.0514. The summed E-state index contributed by atoms with van der Waals surface area (Å²) in [7, 11) is 2.64. The summed E-state index contributed by atoms with van der Waals surface area (Å²) < 4.78 is 99.3. The largest absolute Gasteiger partial charge is 0.469 e. The topological polar surface area (TPSA) is 53.1 Å². The Hall–Kier alpha value is -3.35. The molecule has 0 unspecified atom stereocenters. The normalized spacial score (nSPS) is 17.2. The van der Waals surface area contributed by atoms with Crippen LogP contribution in [0.3, 0.4) is 0 Å². The van der Waals surface area contributed by atoms with Crippen LogP contribution < -0.4 is 0 Å². The number of carbonyl (C=O) groups is 2. The lowest BCUT2D eigenvalue weighted by Gasteiger charge is -2.44. The Kier molecular flexibility index (Phi) is 10.5. The van der Waals surface area contributed by atoms with Crippen LogP contribution in [0.15, 0.2) is 36.4 Å². The van der Waals surface area contributed by atoms with Crippen molar-refractivity contribution >= 4 is 12.0 Å². The van der Waals surface area contributed by atoms with Crippen molar-refractivity contribution in [1.82, 2.24) is 14.7 Å². The lowest BCUT2D eigenvalue weighted by molar-refractivity contribution is -0.143. The zero-order valence-electron chi connectivity index (χ0n) is 23.8. The minimum Gasteiger partial charge on any atom is -0.469 e. The van der Waals surface area contributed by atoms with Gasteiger partial charge in [-0.1, -0.05) is 6.07 Å². The third-order valence-electron chi connectivity index (χ3n) is 7.61. The number of unbranched alkanes of at least 4 members (excludes halogenated alkanes) is 1. The molecule has 42 heavy (non-hydrogen) atoms. The van der Waals surface area contributed by atoms with E-state index in [0.717, 1.165) is 4.90 Å². The number of aryl methyl sites for hydroxylation is 1. The molecule has 1 fully saturated rings. The monoisotopic (exact) mass is 605 g/mol. The molecule has 1 aliphatic rings. The van der Waals surface area contributed by atoms with E-state index in [9.17, 15) is 40.3 Å². The van der Waals surface area contributed by atoms with Crippen molar-refractivity contribution in [3.8, 4) is 0 Å². The van der Waals surface area contributed by atoms with Gasteiger partial charge in [-0.05, 0) is 80.3 Å². The zero-order valence-corrected chi connectivity index (χ0v) is 23.8. The number of rotatable bonds is 8. The van der Waals surface area contributed by atoms with E-state index >= 15 is 0 Å². The number of methoxy groups -OCH3 is 1. The van der Waals surface area contributed by atoms with Gasteiger partial charge in [-0.15, -0.1) is 0 Å². The molecule has 0 bridgehead atoms. The van der Waals surface area contributed by atoms with Gasteiger partial charge in [0.1, 0.15) is 5.82 Å². The van der Waals surface area contributed by atoms with E-state index in [0.29, 0.717) is 55.7 Å². The first-order chi connectivity index (χ1) is 19.5. The summed E-state index contributed by atoms with van der Waals surface area (Å²) in [5.74, 6) is -0.772. The molecule has 2 amide bonds. The highest BCUT2D eigenvalue weighted by Crippen LogP contribution is 2.39. The van der Waals surface area contributed by atoms with E-state index in [1.54, 1.807) is 13.0 Å². The summed E-state index contributed by atoms with van der Waals surface area (Å²) in [5, 5.41) is 0. The molecule has 0 N–H and O–H groups in total. The Morgan fingerprint density at radius 3 is 2.17 bits per heavy atom. The van der Waals surface area contributed by atoms with Crippen LogP contribution >= 0.6 is 0 Å². The first kappa shape index (κ1) is 33.2. The van der Waals surface area contributed by atoms with E-state index in [2.05, 4.69) is 9.64 Å². The smallest absolute Gasteiger partial charge is 0.416 e. The summed E-state index contributed by atoms with van der Waals surface area (Å²) in [5.41, 5.74) is -1.97. The predicted molar refractivity (Wildman–Crippen MR) is 141 cm³/mol. The van der Waals surface area contributed by atoms with Gasteiger partial charge in [0.05, 0.1) is 30.3 Å². The SMILES string of the molecule is COC(=O)CCCCN1CCN(C(=O)N(C)[C@H](C)c2cc(C(F)(F)F)cc(C(F)(F)F)c2)[C@@H](c2ccc(F)cc2C)C1. The van der Waals surface area contributed by atoms with Gasteiger partial charge in [-0.3, -0.25) is 9.69 Å². The highest BCUT2D eigenvalue weighted by molar-refractivity contribution is 5.75. The number of esters is 1.